The molecule has 0 bridgehead atoms. The minimum atomic E-state index is -4.84. The van der Waals surface area contributed by atoms with E-state index in [1.807, 2.05) is 27.7 Å². The molecule has 0 spiro atoms. The minimum absolute atomic E-state index is 0.0874. The number of carbonyl (C=O) groups excluding carboxylic acids is 1. The number of amides is 1. The number of benzene rings is 1. The van der Waals surface area contributed by atoms with Crippen LogP contribution in [0.25, 0.3) is 6.08 Å². The summed E-state index contributed by atoms with van der Waals surface area (Å²) in [4.78, 5) is 12.1. The molecular formula is C21H28BF4NO4. The first-order valence-corrected chi connectivity index (χ1v) is 9.81. The summed E-state index contributed by atoms with van der Waals surface area (Å²) in [5, 5.41) is 2.56. The molecule has 1 N–H and O–H groups in total. The van der Waals surface area contributed by atoms with Gasteiger partial charge >= 0.3 is 19.4 Å². The van der Waals surface area contributed by atoms with Gasteiger partial charge in [-0.2, -0.15) is 13.2 Å². The van der Waals surface area contributed by atoms with Crippen LogP contribution in [0.5, 0.6) is 0 Å². The fourth-order valence-electron chi connectivity index (χ4n) is 2.75. The van der Waals surface area contributed by atoms with Gasteiger partial charge in [-0.15, -0.1) is 0 Å². The van der Waals surface area contributed by atoms with Crippen molar-refractivity contribution in [3.63, 3.8) is 0 Å². The summed E-state index contributed by atoms with van der Waals surface area (Å²) >= 11 is 0. The Morgan fingerprint density at radius 2 is 1.68 bits per heavy atom. The Balaban J connectivity index is 2.37. The molecule has 1 fully saturated rings. The topological polar surface area (TPSA) is 56.8 Å². The van der Waals surface area contributed by atoms with E-state index in [2.05, 4.69) is 5.32 Å². The van der Waals surface area contributed by atoms with Gasteiger partial charge in [-0.25, -0.2) is 9.18 Å². The highest BCUT2D eigenvalue weighted by atomic mass is 19.4. The van der Waals surface area contributed by atoms with Crippen molar-refractivity contribution >= 4 is 19.3 Å². The van der Waals surface area contributed by atoms with Crippen LogP contribution in [-0.4, -0.2) is 36.6 Å². The molecule has 1 heterocycles. The van der Waals surface area contributed by atoms with Gasteiger partial charge in [0.1, 0.15) is 11.4 Å². The molecule has 1 aliphatic rings. The molecule has 172 valence electrons. The van der Waals surface area contributed by atoms with Crippen LogP contribution in [0.15, 0.2) is 23.7 Å². The largest absolute Gasteiger partial charge is 0.492 e. The lowest BCUT2D eigenvalue weighted by molar-refractivity contribution is -0.140. The smallest absolute Gasteiger partial charge is 0.444 e. The Labute approximate surface area is 180 Å². The first-order valence-electron chi connectivity index (χ1n) is 9.81. The van der Waals surface area contributed by atoms with Gasteiger partial charge in [0.25, 0.3) is 0 Å². The number of alkyl carbamates (subject to hydrolysis) is 1. The summed E-state index contributed by atoms with van der Waals surface area (Å²) in [7, 11) is -0.931. The van der Waals surface area contributed by atoms with Crippen LogP contribution in [0.4, 0.5) is 22.4 Å². The van der Waals surface area contributed by atoms with Crippen molar-refractivity contribution in [3.8, 4) is 0 Å². The zero-order chi connectivity index (χ0) is 23.8. The van der Waals surface area contributed by atoms with Crippen LogP contribution in [0, 0.1) is 5.82 Å². The molecule has 1 aromatic rings. The van der Waals surface area contributed by atoms with Crippen molar-refractivity contribution in [2.75, 3.05) is 6.54 Å². The van der Waals surface area contributed by atoms with Crippen molar-refractivity contribution in [2.45, 2.75) is 71.4 Å². The van der Waals surface area contributed by atoms with E-state index < -0.39 is 47.6 Å². The monoisotopic (exact) mass is 445 g/mol. The summed E-state index contributed by atoms with van der Waals surface area (Å²) < 4.78 is 70.1. The van der Waals surface area contributed by atoms with Gasteiger partial charge in [-0.05, 0) is 71.6 Å². The standard InChI is InChI=1S/C21H28BF4NO4/c1-18(2,3)29-17(28)27-12-14(22-30-19(4,5)20(6,7)31-22)10-13-8-9-16(23)15(11-13)21(24,25)26/h8-11H,12H2,1-7H3,(H,27,28). The van der Waals surface area contributed by atoms with Crippen LogP contribution in [0.2, 0.25) is 0 Å². The number of halogens is 4. The minimum Gasteiger partial charge on any atom is -0.444 e. The van der Waals surface area contributed by atoms with Crippen LogP contribution in [-0.2, 0) is 20.2 Å². The van der Waals surface area contributed by atoms with E-state index in [0.29, 0.717) is 11.5 Å². The third kappa shape index (κ3) is 6.46. The first kappa shape index (κ1) is 25.2. The van der Waals surface area contributed by atoms with Crippen LogP contribution in [0.3, 0.4) is 0 Å². The van der Waals surface area contributed by atoms with Crippen molar-refractivity contribution in [3.05, 3.63) is 40.6 Å². The predicted molar refractivity (Wildman–Crippen MR) is 110 cm³/mol. The Bertz CT molecular complexity index is 844. The maximum atomic E-state index is 13.7. The molecule has 31 heavy (non-hydrogen) atoms. The number of carbonyl (C=O) groups is 1. The average molecular weight is 445 g/mol. The number of hydrogen-bond donors (Lipinski definition) is 1. The molecule has 10 heteroatoms. The number of rotatable bonds is 4. The van der Waals surface area contributed by atoms with Crippen LogP contribution < -0.4 is 5.32 Å². The molecular weight excluding hydrogens is 417 g/mol. The van der Waals surface area contributed by atoms with E-state index in [-0.39, 0.29) is 12.1 Å². The summed E-state index contributed by atoms with van der Waals surface area (Å²) in [6, 6.07) is 2.66. The van der Waals surface area contributed by atoms with E-state index in [1.165, 1.54) is 12.1 Å². The molecule has 0 aliphatic carbocycles. The number of hydrogen-bond acceptors (Lipinski definition) is 4. The molecule has 1 amide bonds. The molecule has 1 saturated heterocycles. The average Bonchev–Trinajstić information content (AvgIpc) is 2.78. The van der Waals surface area contributed by atoms with E-state index in [1.54, 1.807) is 20.8 Å². The van der Waals surface area contributed by atoms with Gasteiger partial charge in [-0.1, -0.05) is 12.1 Å². The molecule has 5 nitrogen and oxygen atoms in total. The zero-order valence-corrected chi connectivity index (χ0v) is 18.7. The van der Waals surface area contributed by atoms with Crippen molar-refractivity contribution < 1.29 is 36.4 Å². The predicted octanol–water partition coefficient (Wildman–Crippen LogP) is 5.38. The third-order valence-electron chi connectivity index (χ3n) is 5.04. The van der Waals surface area contributed by atoms with E-state index in [0.717, 1.165) is 6.07 Å². The summed E-state index contributed by atoms with van der Waals surface area (Å²) in [5.41, 5.74) is -3.08. The van der Waals surface area contributed by atoms with Crippen molar-refractivity contribution in [1.29, 1.82) is 0 Å². The molecule has 1 aromatic carbocycles. The van der Waals surface area contributed by atoms with Gasteiger partial charge in [0.05, 0.1) is 16.8 Å². The maximum absolute atomic E-state index is 13.7. The second-order valence-corrected chi connectivity index (χ2v) is 9.40. The maximum Gasteiger partial charge on any atom is 0.492 e. The van der Waals surface area contributed by atoms with E-state index in [4.69, 9.17) is 14.0 Å². The second-order valence-electron chi connectivity index (χ2n) is 9.40. The molecule has 0 aromatic heterocycles. The molecule has 0 saturated carbocycles. The number of ether oxygens (including phenoxy) is 1. The highest BCUT2D eigenvalue weighted by molar-refractivity contribution is 6.56. The summed E-state index contributed by atoms with van der Waals surface area (Å²) in [6.45, 7) is 12.3. The van der Waals surface area contributed by atoms with E-state index in [9.17, 15) is 22.4 Å². The van der Waals surface area contributed by atoms with Gasteiger partial charge in [0, 0.05) is 6.54 Å². The highest BCUT2D eigenvalue weighted by Crippen LogP contribution is 2.39. The van der Waals surface area contributed by atoms with Crippen molar-refractivity contribution in [1.82, 2.24) is 5.32 Å². The van der Waals surface area contributed by atoms with Gasteiger partial charge < -0.3 is 19.4 Å². The first-order chi connectivity index (χ1) is 13.9. The van der Waals surface area contributed by atoms with Gasteiger partial charge in [0.2, 0.25) is 0 Å². The Morgan fingerprint density at radius 3 is 2.16 bits per heavy atom. The fourth-order valence-corrected chi connectivity index (χ4v) is 2.75. The number of nitrogens with one attached hydrogen (secondary N) is 1. The van der Waals surface area contributed by atoms with Crippen LogP contribution >= 0.6 is 0 Å². The summed E-state index contributed by atoms with van der Waals surface area (Å²) in [5.74, 6) is -1.37. The lowest BCUT2D eigenvalue weighted by Gasteiger charge is -2.32. The van der Waals surface area contributed by atoms with Crippen LogP contribution in [0.1, 0.15) is 59.6 Å². The third-order valence-corrected chi connectivity index (χ3v) is 5.04. The molecule has 2 rings (SSSR count). The SMILES string of the molecule is CC(C)(C)OC(=O)NCC(=Cc1ccc(F)c(C(F)(F)F)c1)B1OC(C)(C)C(C)(C)O1. The zero-order valence-electron chi connectivity index (χ0n) is 18.7. The molecule has 0 atom stereocenters. The lowest BCUT2D eigenvalue weighted by Crippen LogP contribution is -2.41. The number of alkyl halides is 3. The van der Waals surface area contributed by atoms with Gasteiger partial charge in [-0.3, -0.25) is 0 Å². The highest BCUT2D eigenvalue weighted by Gasteiger charge is 2.52. The van der Waals surface area contributed by atoms with Crippen molar-refractivity contribution in [2.24, 2.45) is 0 Å². The molecule has 0 unspecified atom stereocenters. The lowest BCUT2D eigenvalue weighted by atomic mass is 9.77. The fraction of sp³-hybridized carbons (Fsp3) is 0.571. The Morgan fingerprint density at radius 1 is 1.13 bits per heavy atom. The Kier molecular flexibility index (Phi) is 6.88. The second kappa shape index (κ2) is 8.46. The molecule has 1 aliphatic heterocycles. The van der Waals surface area contributed by atoms with E-state index >= 15 is 0 Å². The quantitative estimate of drug-likeness (QED) is 0.499. The molecule has 0 radical (unpaired) electrons. The Hall–Kier alpha value is -2.07. The summed E-state index contributed by atoms with van der Waals surface area (Å²) in [6.07, 6.45) is -4.16. The normalized spacial score (nSPS) is 18.8. The van der Waals surface area contributed by atoms with Gasteiger partial charge in [0.15, 0.2) is 0 Å².